The summed E-state index contributed by atoms with van der Waals surface area (Å²) in [6.07, 6.45) is 4.17. The number of oxazole rings is 1. The van der Waals surface area contributed by atoms with E-state index in [4.69, 9.17) is 4.42 Å². The number of piperidine rings is 1. The van der Waals surface area contributed by atoms with Crippen LogP contribution in [0.1, 0.15) is 18.5 Å². The second-order valence-electron chi connectivity index (χ2n) is 6.29. The van der Waals surface area contributed by atoms with E-state index in [1.54, 1.807) is 12.3 Å². The molecule has 1 aromatic carbocycles. The molecule has 1 aromatic heterocycles. The highest BCUT2D eigenvalue weighted by Gasteiger charge is 2.32. The van der Waals surface area contributed by atoms with E-state index in [9.17, 15) is 4.39 Å². The number of halogens is 2. The molecule has 0 spiro atoms. The third-order valence-electron chi connectivity index (χ3n) is 4.75. The van der Waals surface area contributed by atoms with Crippen LogP contribution in [0.3, 0.4) is 0 Å². The Morgan fingerprint density at radius 3 is 3.13 bits per heavy atom. The summed E-state index contributed by atoms with van der Waals surface area (Å²) in [6.45, 7) is 4.18. The van der Waals surface area contributed by atoms with Crippen molar-refractivity contribution in [1.82, 2.24) is 15.2 Å². The predicted molar refractivity (Wildman–Crippen MR) is 88.9 cm³/mol. The van der Waals surface area contributed by atoms with Crippen LogP contribution < -0.4 is 5.32 Å². The lowest BCUT2D eigenvalue weighted by atomic mass is 9.93. The molecule has 2 aliphatic rings. The average molecular weight is 338 g/mol. The molecular formula is C17H21ClFN3O. The van der Waals surface area contributed by atoms with Crippen molar-refractivity contribution in [2.24, 2.45) is 5.92 Å². The molecule has 2 fully saturated rings. The maximum absolute atomic E-state index is 13.3. The molecule has 0 amide bonds. The lowest BCUT2D eigenvalue weighted by Gasteiger charge is -2.34. The topological polar surface area (TPSA) is 41.3 Å². The van der Waals surface area contributed by atoms with Crippen LogP contribution in [0.15, 0.2) is 34.9 Å². The number of rotatable bonds is 3. The van der Waals surface area contributed by atoms with Gasteiger partial charge in [-0.2, -0.15) is 0 Å². The Bertz CT molecular complexity index is 663. The Labute approximate surface area is 141 Å². The molecule has 2 aromatic rings. The molecule has 6 heteroatoms. The maximum atomic E-state index is 13.3. The van der Waals surface area contributed by atoms with Crippen molar-refractivity contribution in [3.05, 3.63) is 42.0 Å². The van der Waals surface area contributed by atoms with Crippen LogP contribution in [0.4, 0.5) is 4.39 Å². The first-order valence-corrected chi connectivity index (χ1v) is 7.94. The lowest BCUT2D eigenvalue weighted by molar-refractivity contribution is 0.154. The summed E-state index contributed by atoms with van der Waals surface area (Å²) in [5.74, 6) is 0.989. The first kappa shape index (κ1) is 16.4. The quantitative estimate of drug-likeness (QED) is 0.934. The van der Waals surface area contributed by atoms with Crippen LogP contribution in [-0.4, -0.2) is 35.6 Å². The Kier molecular flexibility index (Phi) is 4.99. The van der Waals surface area contributed by atoms with Crippen LogP contribution in [-0.2, 0) is 6.54 Å². The first-order valence-electron chi connectivity index (χ1n) is 7.94. The van der Waals surface area contributed by atoms with E-state index >= 15 is 0 Å². The van der Waals surface area contributed by atoms with Gasteiger partial charge in [-0.05, 0) is 43.5 Å². The highest BCUT2D eigenvalue weighted by Crippen LogP contribution is 2.26. The minimum Gasteiger partial charge on any atom is -0.444 e. The number of fused-ring (bicyclic) bond motifs is 1. The van der Waals surface area contributed by atoms with Crippen molar-refractivity contribution in [1.29, 1.82) is 0 Å². The zero-order valence-corrected chi connectivity index (χ0v) is 13.7. The second-order valence-corrected chi connectivity index (χ2v) is 6.29. The fraction of sp³-hybridized carbons (Fsp3) is 0.471. The third-order valence-corrected chi connectivity index (χ3v) is 4.75. The van der Waals surface area contributed by atoms with Gasteiger partial charge in [0.15, 0.2) is 0 Å². The predicted octanol–water partition coefficient (Wildman–Crippen LogP) is 3.09. The highest BCUT2D eigenvalue weighted by molar-refractivity contribution is 5.85. The van der Waals surface area contributed by atoms with E-state index in [-0.39, 0.29) is 18.2 Å². The summed E-state index contributed by atoms with van der Waals surface area (Å²) in [6, 6.07) is 7.07. The van der Waals surface area contributed by atoms with E-state index in [1.165, 1.54) is 25.0 Å². The number of likely N-dealkylation sites (tertiary alicyclic amines) is 1. The van der Waals surface area contributed by atoms with Crippen molar-refractivity contribution < 1.29 is 8.81 Å². The smallest absolute Gasteiger partial charge is 0.226 e. The number of nitrogens with one attached hydrogen (secondary N) is 1. The van der Waals surface area contributed by atoms with Gasteiger partial charge in [0.2, 0.25) is 5.89 Å². The molecule has 2 saturated heterocycles. The molecule has 2 aliphatic heterocycles. The monoisotopic (exact) mass is 337 g/mol. The Balaban J connectivity index is 0.00000156. The van der Waals surface area contributed by atoms with Gasteiger partial charge in [0, 0.05) is 31.2 Å². The van der Waals surface area contributed by atoms with E-state index in [1.807, 2.05) is 6.07 Å². The summed E-state index contributed by atoms with van der Waals surface area (Å²) >= 11 is 0. The van der Waals surface area contributed by atoms with Gasteiger partial charge in [-0.25, -0.2) is 9.37 Å². The minimum atomic E-state index is -0.270. The minimum absolute atomic E-state index is 0. The maximum Gasteiger partial charge on any atom is 0.226 e. The zero-order valence-electron chi connectivity index (χ0n) is 12.9. The summed E-state index contributed by atoms with van der Waals surface area (Å²) < 4.78 is 18.8. The number of hydrogen-bond acceptors (Lipinski definition) is 4. The van der Waals surface area contributed by atoms with Gasteiger partial charge >= 0.3 is 0 Å². The third kappa shape index (κ3) is 3.57. The molecule has 124 valence electrons. The van der Waals surface area contributed by atoms with Crippen LogP contribution in [0.5, 0.6) is 0 Å². The molecule has 1 N–H and O–H groups in total. The van der Waals surface area contributed by atoms with Crippen molar-refractivity contribution in [2.45, 2.75) is 25.4 Å². The van der Waals surface area contributed by atoms with Gasteiger partial charge in [0.1, 0.15) is 12.1 Å². The average Bonchev–Trinajstić information content (AvgIpc) is 3.16. The van der Waals surface area contributed by atoms with Gasteiger partial charge in [0.25, 0.3) is 0 Å². The number of aromatic nitrogens is 1. The fourth-order valence-electron chi connectivity index (χ4n) is 3.63. The van der Waals surface area contributed by atoms with Gasteiger partial charge in [0.05, 0.1) is 5.69 Å². The van der Waals surface area contributed by atoms with Crippen LogP contribution in [0.25, 0.3) is 11.5 Å². The van der Waals surface area contributed by atoms with E-state index < -0.39 is 0 Å². The summed E-state index contributed by atoms with van der Waals surface area (Å²) in [4.78, 5) is 6.96. The molecule has 4 nitrogen and oxygen atoms in total. The molecule has 3 heterocycles. The number of benzene rings is 1. The Morgan fingerprint density at radius 1 is 1.35 bits per heavy atom. The largest absolute Gasteiger partial charge is 0.444 e. The number of nitrogens with zero attached hydrogens (tertiary/aromatic N) is 2. The molecule has 0 bridgehead atoms. The van der Waals surface area contributed by atoms with Gasteiger partial charge in [-0.1, -0.05) is 6.07 Å². The van der Waals surface area contributed by atoms with Gasteiger partial charge in [-0.3, -0.25) is 4.90 Å². The molecular weight excluding hydrogens is 317 g/mol. The molecule has 0 radical (unpaired) electrons. The number of hydrogen-bond donors (Lipinski definition) is 1. The highest BCUT2D eigenvalue weighted by atomic mass is 35.5. The molecule has 2 unspecified atom stereocenters. The molecule has 2 atom stereocenters. The standard InChI is InChI=1S/C17H20FN3O.ClH/c18-14-3-1-2-12(8-14)17-20-15(11-22-17)10-21-7-5-16-13(9-21)4-6-19-16;/h1-3,8,11,13,16,19H,4-7,9-10H2;1H. The van der Waals surface area contributed by atoms with E-state index in [0.717, 1.165) is 37.8 Å². The molecule has 4 rings (SSSR count). The summed E-state index contributed by atoms with van der Waals surface area (Å²) in [7, 11) is 0. The van der Waals surface area contributed by atoms with E-state index in [2.05, 4.69) is 15.2 Å². The SMILES string of the molecule is Cl.Fc1cccc(-c2nc(CN3CCC4NCCC4C3)co2)c1. The second kappa shape index (κ2) is 6.99. The lowest BCUT2D eigenvalue weighted by Crippen LogP contribution is -2.43. The zero-order chi connectivity index (χ0) is 14.9. The fourth-order valence-corrected chi connectivity index (χ4v) is 3.63. The Morgan fingerprint density at radius 2 is 2.26 bits per heavy atom. The van der Waals surface area contributed by atoms with E-state index in [0.29, 0.717) is 17.5 Å². The van der Waals surface area contributed by atoms with Gasteiger partial charge in [-0.15, -0.1) is 12.4 Å². The van der Waals surface area contributed by atoms with Crippen molar-refractivity contribution in [3.8, 4) is 11.5 Å². The van der Waals surface area contributed by atoms with Gasteiger partial charge < -0.3 is 9.73 Å². The van der Waals surface area contributed by atoms with Crippen molar-refractivity contribution in [3.63, 3.8) is 0 Å². The molecule has 0 saturated carbocycles. The van der Waals surface area contributed by atoms with Crippen LogP contribution >= 0.6 is 12.4 Å². The van der Waals surface area contributed by atoms with Crippen molar-refractivity contribution >= 4 is 12.4 Å². The Hall–Kier alpha value is -1.43. The summed E-state index contributed by atoms with van der Waals surface area (Å²) in [5.41, 5.74) is 1.61. The molecule has 0 aliphatic carbocycles. The first-order chi connectivity index (χ1) is 10.8. The van der Waals surface area contributed by atoms with Crippen LogP contribution in [0.2, 0.25) is 0 Å². The molecule has 23 heavy (non-hydrogen) atoms. The van der Waals surface area contributed by atoms with Crippen molar-refractivity contribution in [2.75, 3.05) is 19.6 Å². The normalized spacial score (nSPS) is 24.2. The summed E-state index contributed by atoms with van der Waals surface area (Å²) in [5, 5.41) is 3.58. The van der Waals surface area contributed by atoms with Crippen LogP contribution in [0, 0.1) is 11.7 Å².